The van der Waals surface area contributed by atoms with Crippen molar-refractivity contribution in [3.05, 3.63) is 23.1 Å². The molecule has 0 bridgehead atoms. The molecule has 1 heterocycles. The Morgan fingerprint density at radius 1 is 1.75 bits per heavy atom. The van der Waals surface area contributed by atoms with Crippen LogP contribution in [-0.4, -0.2) is 12.3 Å². The van der Waals surface area contributed by atoms with Gasteiger partial charge in [-0.3, -0.25) is 0 Å². The van der Waals surface area contributed by atoms with Crippen molar-refractivity contribution in [2.45, 2.75) is 0 Å². The Hall–Kier alpha value is -0.210. The first kappa shape index (κ1) is 5.92. The smallest absolute Gasteiger partial charge is 0.0175 e. The van der Waals surface area contributed by atoms with E-state index in [2.05, 4.69) is 17.6 Å². The lowest BCUT2D eigenvalue weighted by Crippen LogP contribution is -2.02. The molecular formula is C6H9NS. The lowest BCUT2D eigenvalue weighted by molar-refractivity contribution is 1.18. The minimum absolute atomic E-state index is 0.678. The van der Waals surface area contributed by atoms with E-state index >= 15 is 0 Å². The first-order valence-electron chi connectivity index (χ1n) is 2.61. The third-order valence-corrected chi connectivity index (χ3v) is 1.74. The summed E-state index contributed by atoms with van der Waals surface area (Å²) in [6, 6.07) is 0. The highest BCUT2D eigenvalue weighted by atomic mass is 32.2. The van der Waals surface area contributed by atoms with Crippen LogP contribution in [-0.2, 0) is 0 Å². The summed E-state index contributed by atoms with van der Waals surface area (Å²) in [7, 11) is 0. The third-order valence-electron chi connectivity index (χ3n) is 1.06. The van der Waals surface area contributed by atoms with E-state index in [0.29, 0.717) is 6.54 Å². The third kappa shape index (κ3) is 1.39. The molecular weight excluding hydrogens is 118 g/mol. The van der Waals surface area contributed by atoms with Gasteiger partial charge in [-0.2, -0.15) is 0 Å². The van der Waals surface area contributed by atoms with Crippen molar-refractivity contribution in [2.75, 3.05) is 12.3 Å². The lowest BCUT2D eigenvalue weighted by atomic mass is 10.2. The quantitative estimate of drug-likeness (QED) is 0.571. The number of nitrogens with two attached hydrogens (primary N) is 1. The van der Waals surface area contributed by atoms with E-state index in [0.717, 1.165) is 5.75 Å². The average molecular weight is 127 g/mol. The molecule has 8 heavy (non-hydrogen) atoms. The van der Waals surface area contributed by atoms with Crippen LogP contribution in [0, 0.1) is 0 Å². The van der Waals surface area contributed by atoms with Crippen LogP contribution in [0.3, 0.4) is 0 Å². The van der Waals surface area contributed by atoms with Gasteiger partial charge in [-0.1, -0.05) is 12.2 Å². The van der Waals surface area contributed by atoms with Crippen LogP contribution in [0.25, 0.3) is 0 Å². The molecule has 0 fully saturated rings. The standard InChI is InChI=1S/C6H9NS/c7-5-6-1-3-8-4-2-6/h1-3H,4-5,7H2. The van der Waals surface area contributed by atoms with Crippen LogP contribution >= 0.6 is 11.8 Å². The Labute approximate surface area is 53.6 Å². The Balaban J connectivity index is 2.51. The van der Waals surface area contributed by atoms with Crippen molar-refractivity contribution in [2.24, 2.45) is 5.73 Å². The van der Waals surface area contributed by atoms with Crippen LogP contribution in [0.1, 0.15) is 0 Å². The fourth-order valence-corrected chi connectivity index (χ4v) is 1.26. The van der Waals surface area contributed by atoms with Gasteiger partial charge in [0, 0.05) is 12.3 Å². The molecule has 1 nitrogen and oxygen atoms in total. The van der Waals surface area contributed by atoms with Gasteiger partial charge in [-0.25, -0.2) is 0 Å². The molecule has 0 aromatic heterocycles. The van der Waals surface area contributed by atoms with Crippen LogP contribution < -0.4 is 5.73 Å². The van der Waals surface area contributed by atoms with Gasteiger partial charge in [0.1, 0.15) is 0 Å². The summed E-state index contributed by atoms with van der Waals surface area (Å²) >= 11 is 1.80. The molecule has 44 valence electrons. The minimum atomic E-state index is 0.678. The van der Waals surface area contributed by atoms with Crippen LogP contribution in [0.4, 0.5) is 0 Å². The Morgan fingerprint density at radius 3 is 3.00 bits per heavy atom. The zero-order valence-electron chi connectivity index (χ0n) is 4.63. The second-order valence-electron chi connectivity index (χ2n) is 1.62. The maximum absolute atomic E-state index is 5.37. The minimum Gasteiger partial charge on any atom is -0.327 e. The van der Waals surface area contributed by atoms with Gasteiger partial charge in [-0.15, -0.1) is 11.8 Å². The van der Waals surface area contributed by atoms with E-state index < -0.39 is 0 Å². The molecule has 2 N–H and O–H groups in total. The molecule has 2 heteroatoms. The maximum atomic E-state index is 5.37. The van der Waals surface area contributed by atoms with Crippen molar-refractivity contribution in [1.82, 2.24) is 0 Å². The number of thioether (sulfide) groups is 1. The summed E-state index contributed by atoms with van der Waals surface area (Å²) in [4.78, 5) is 0. The molecule has 0 aromatic rings. The Kier molecular flexibility index (Phi) is 2.18. The first-order valence-corrected chi connectivity index (χ1v) is 3.65. The molecule has 0 unspecified atom stereocenters. The SMILES string of the molecule is NCC1=CCSC=C1. The van der Waals surface area contributed by atoms with Crippen molar-refractivity contribution < 1.29 is 0 Å². The molecule has 1 aliphatic rings. The molecule has 0 saturated heterocycles. The highest BCUT2D eigenvalue weighted by Gasteiger charge is 1.91. The normalized spacial score (nSPS) is 18.4. The molecule has 0 radical (unpaired) electrons. The van der Waals surface area contributed by atoms with E-state index in [-0.39, 0.29) is 0 Å². The van der Waals surface area contributed by atoms with Gasteiger partial charge in [0.25, 0.3) is 0 Å². The Morgan fingerprint density at radius 2 is 2.62 bits per heavy atom. The topological polar surface area (TPSA) is 26.0 Å². The molecule has 0 atom stereocenters. The molecule has 0 aromatic carbocycles. The highest BCUT2D eigenvalue weighted by molar-refractivity contribution is 8.02. The highest BCUT2D eigenvalue weighted by Crippen LogP contribution is 2.11. The van der Waals surface area contributed by atoms with E-state index in [1.165, 1.54) is 5.57 Å². The summed E-state index contributed by atoms with van der Waals surface area (Å²) in [5.74, 6) is 1.09. The molecule has 0 aliphatic carbocycles. The van der Waals surface area contributed by atoms with Gasteiger partial charge in [0.05, 0.1) is 0 Å². The molecule has 0 saturated carbocycles. The summed E-state index contributed by atoms with van der Waals surface area (Å²) in [6.07, 6.45) is 4.22. The first-order chi connectivity index (χ1) is 3.93. The second-order valence-corrected chi connectivity index (χ2v) is 2.56. The predicted molar refractivity (Wildman–Crippen MR) is 38.7 cm³/mol. The van der Waals surface area contributed by atoms with Crippen LogP contribution in [0.2, 0.25) is 0 Å². The largest absolute Gasteiger partial charge is 0.327 e. The van der Waals surface area contributed by atoms with Crippen molar-refractivity contribution >= 4 is 11.8 Å². The summed E-state index contributed by atoms with van der Waals surface area (Å²) in [5, 5.41) is 2.09. The summed E-state index contributed by atoms with van der Waals surface area (Å²) in [5.41, 5.74) is 6.63. The second kappa shape index (κ2) is 2.95. The molecule has 1 aliphatic heterocycles. The van der Waals surface area contributed by atoms with Gasteiger partial charge >= 0.3 is 0 Å². The van der Waals surface area contributed by atoms with Gasteiger partial charge in [-0.05, 0) is 11.0 Å². The average Bonchev–Trinajstić information content (AvgIpc) is 1.90. The zero-order chi connectivity index (χ0) is 5.82. The Bertz CT molecular complexity index is 126. The maximum Gasteiger partial charge on any atom is 0.0175 e. The van der Waals surface area contributed by atoms with E-state index in [4.69, 9.17) is 5.73 Å². The summed E-state index contributed by atoms with van der Waals surface area (Å²) in [6.45, 7) is 0.678. The number of rotatable bonds is 1. The van der Waals surface area contributed by atoms with Gasteiger partial charge < -0.3 is 5.73 Å². The van der Waals surface area contributed by atoms with Gasteiger partial charge in [0.2, 0.25) is 0 Å². The number of hydrogen-bond acceptors (Lipinski definition) is 2. The van der Waals surface area contributed by atoms with Gasteiger partial charge in [0.15, 0.2) is 0 Å². The molecule has 0 amide bonds. The van der Waals surface area contributed by atoms with Crippen molar-refractivity contribution in [3.8, 4) is 0 Å². The predicted octanol–water partition coefficient (Wildman–Crippen LogP) is 1.13. The summed E-state index contributed by atoms with van der Waals surface area (Å²) < 4.78 is 0. The molecule has 0 spiro atoms. The monoisotopic (exact) mass is 127 g/mol. The van der Waals surface area contributed by atoms with Crippen LogP contribution in [0.15, 0.2) is 23.1 Å². The van der Waals surface area contributed by atoms with Crippen molar-refractivity contribution in [1.29, 1.82) is 0 Å². The van der Waals surface area contributed by atoms with Crippen molar-refractivity contribution in [3.63, 3.8) is 0 Å². The molecule has 1 rings (SSSR count). The fourth-order valence-electron chi connectivity index (χ4n) is 0.566. The van der Waals surface area contributed by atoms with Crippen LogP contribution in [0.5, 0.6) is 0 Å². The number of hydrogen-bond donors (Lipinski definition) is 1. The lowest BCUT2D eigenvalue weighted by Gasteiger charge is -2.00. The zero-order valence-corrected chi connectivity index (χ0v) is 5.45. The van der Waals surface area contributed by atoms with E-state index in [1.807, 2.05) is 0 Å². The van der Waals surface area contributed by atoms with E-state index in [9.17, 15) is 0 Å². The van der Waals surface area contributed by atoms with E-state index in [1.54, 1.807) is 11.8 Å². The fraction of sp³-hybridized carbons (Fsp3) is 0.333.